The molecule has 2 unspecified atom stereocenters. The molecule has 20 heavy (non-hydrogen) atoms. The molecular weight excluding hydrogens is 254 g/mol. The molecule has 0 spiro atoms. The third-order valence-electron chi connectivity index (χ3n) is 3.83. The molecule has 1 aromatic heterocycles. The van der Waals surface area contributed by atoms with E-state index in [2.05, 4.69) is 36.3 Å². The quantitative estimate of drug-likeness (QED) is 0.848. The van der Waals surface area contributed by atoms with Gasteiger partial charge in [0.05, 0.1) is 18.8 Å². The summed E-state index contributed by atoms with van der Waals surface area (Å²) in [5.74, 6) is 1.88. The number of nitrogen functional groups attached to an aromatic ring is 1. The molecule has 1 aromatic carbocycles. The number of tetrazole rings is 1. The lowest BCUT2D eigenvalue weighted by atomic mass is 10.0. The summed E-state index contributed by atoms with van der Waals surface area (Å²) in [5, 5.41) is 12.0. The minimum Gasteiger partial charge on any atom is -0.495 e. The van der Waals surface area contributed by atoms with Crippen molar-refractivity contribution in [2.75, 3.05) is 12.8 Å². The number of nitrogens with two attached hydrogens (primary N) is 1. The Hall–Kier alpha value is -2.11. The highest BCUT2D eigenvalue weighted by molar-refractivity contribution is 5.66. The highest BCUT2D eigenvalue weighted by atomic mass is 16.5. The van der Waals surface area contributed by atoms with E-state index < -0.39 is 0 Å². The average Bonchev–Trinajstić information content (AvgIpc) is 2.94. The van der Waals surface area contributed by atoms with E-state index >= 15 is 0 Å². The van der Waals surface area contributed by atoms with E-state index in [1.807, 2.05) is 22.9 Å². The lowest BCUT2D eigenvalue weighted by Gasteiger charge is -2.19. The van der Waals surface area contributed by atoms with Crippen LogP contribution in [0.1, 0.15) is 33.2 Å². The van der Waals surface area contributed by atoms with Crippen LogP contribution in [0.5, 0.6) is 5.75 Å². The van der Waals surface area contributed by atoms with Gasteiger partial charge in [-0.25, -0.2) is 4.68 Å². The van der Waals surface area contributed by atoms with Gasteiger partial charge >= 0.3 is 0 Å². The first kappa shape index (κ1) is 14.3. The molecule has 0 fully saturated rings. The molecule has 2 atom stereocenters. The topological polar surface area (TPSA) is 78.8 Å². The summed E-state index contributed by atoms with van der Waals surface area (Å²) in [5.41, 5.74) is 7.42. The van der Waals surface area contributed by atoms with E-state index in [4.69, 9.17) is 10.5 Å². The first-order chi connectivity index (χ1) is 9.58. The first-order valence-corrected chi connectivity index (χ1v) is 6.80. The lowest BCUT2D eigenvalue weighted by Crippen LogP contribution is -2.16. The monoisotopic (exact) mass is 275 g/mol. The number of hydrogen-bond acceptors (Lipinski definition) is 5. The van der Waals surface area contributed by atoms with E-state index in [1.165, 1.54) is 0 Å². The molecule has 0 bridgehead atoms. The molecule has 2 N–H and O–H groups in total. The molecule has 0 saturated carbocycles. The molecule has 0 aliphatic rings. The summed E-state index contributed by atoms with van der Waals surface area (Å²) in [6.45, 7) is 6.48. The van der Waals surface area contributed by atoms with Crippen LogP contribution in [0.4, 0.5) is 5.69 Å². The van der Waals surface area contributed by atoms with Crippen LogP contribution in [0.15, 0.2) is 18.2 Å². The van der Waals surface area contributed by atoms with Crippen molar-refractivity contribution in [2.45, 2.75) is 33.2 Å². The summed E-state index contributed by atoms with van der Waals surface area (Å²) in [4.78, 5) is 0. The highest BCUT2D eigenvalue weighted by Gasteiger charge is 2.19. The normalized spacial score (nSPS) is 14.0. The van der Waals surface area contributed by atoms with Crippen LogP contribution in [-0.4, -0.2) is 27.3 Å². The van der Waals surface area contributed by atoms with Crippen molar-refractivity contribution in [3.05, 3.63) is 18.2 Å². The number of hydrogen-bond donors (Lipinski definition) is 1. The molecule has 0 aliphatic carbocycles. The Morgan fingerprint density at radius 2 is 2.10 bits per heavy atom. The number of aromatic nitrogens is 4. The second-order valence-corrected chi connectivity index (χ2v) is 5.03. The van der Waals surface area contributed by atoms with Gasteiger partial charge in [-0.15, -0.1) is 5.10 Å². The standard InChI is InChI=1S/C14H21N5O/c1-5-9(2)10(3)19-14(16-17-18-19)11-6-7-13(20-4)12(15)8-11/h6-10H,5,15H2,1-4H3. The number of nitrogens with zero attached hydrogens (tertiary/aromatic N) is 4. The van der Waals surface area contributed by atoms with Gasteiger partial charge in [0, 0.05) is 5.56 Å². The number of methoxy groups -OCH3 is 1. The van der Waals surface area contributed by atoms with Crippen LogP contribution in [0, 0.1) is 5.92 Å². The third-order valence-corrected chi connectivity index (χ3v) is 3.83. The summed E-state index contributed by atoms with van der Waals surface area (Å²) < 4.78 is 7.02. The molecule has 108 valence electrons. The third kappa shape index (κ3) is 2.59. The van der Waals surface area contributed by atoms with Crippen LogP contribution in [0.3, 0.4) is 0 Å². The Kier molecular flexibility index (Phi) is 4.22. The summed E-state index contributed by atoms with van der Waals surface area (Å²) in [7, 11) is 1.60. The Morgan fingerprint density at radius 3 is 2.70 bits per heavy atom. The molecule has 1 heterocycles. The molecule has 2 aromatic rings. The SMILES string of the molecule is CCC(C)C(C)n1nnnc1-c1ccc(OC)c(N)c1. The second kappa shape index (κ2) is 5.90. The number of benzene rings is 1. The van der Waals surface area contributed by atoms with Crippen molar-refractivity contribution in [1.82, 2.24) is 20.2 Å². The largest absolute Gasteiger partial charge is 0.495 e. The van der Waals surface area contributed by atoms with Crippen LogP contribution in [0.2, 0.25) is 0 Å². The molecule has 6 heteroatoms. The van der Waals surface area contributed by atoms with Crippen molar-refractivity contribution in [1.29, 1.82) is 0 Å². The van der Waals surface area contributed by atoms with Crippen LogP contribution < -0.4 is 10.5 Å². The van der Waals surface area contributed by atoms with Gasteiger partial charge in [-0.05, 0) is 41.5 Å². The fourth-order valence-electron chi connectivity index (χ4n) is 2.11. The van der Waals surface area contributed by atoms with E-state index in [0.29, 0.717) is 17.4 Å². The minimum absolute atomic E-state index is 0.230. The summed E-state index contributed by atoms with van der Waals surface area (Å²) >= 11 is 0. The van der Waals surface area contributed by atoms with Crippen molar-refractivity contribution in [2.24, 2.45) is 5.92 Å². The maximum Gasteiger partial charge on any atom is 0.182 e. The van der Waals surface area contributed by atoms with Gasteiger partial charge in [0.1, 0.15) is 5.75 Å². The van der Waals surface area contributed by atoms with Crippen LogP contribution >= 0.6 is 0 Å². The number of rotatable bonds is 5. The lowest BCUT2D eigenvalue weighted by molar-refractivity contribution is 0.340. The maximum absolute atomic E-state index is 5.95. The Balaban J connectivity index is 2.39. The number of ether oxygens (including phenoxy) is 1. The zero-order valence-corrected chi connectivity index (χ0v) is 12.4. The molecule has 0 radical (unpaired) electrons. The first-order valence-electron chi connectivity index (χ1n) is 6.80. The van der Waals surface area contributed by atoms with E-state index in [9.17, 15) is 0 Å². The predicted molar refractivity (Wildman–Crippen MR) is 78.4 cm³/mol. The van der Waals surface area contributed by atoms with Gasteiger partial charge in [-0.1, -0.05) is 20.3 Å². The molecule has 0 saturated heterocycles. The van der Waals surface area contributed by atoms with Gasteiger partial charge in [-0.2, -0.15) is 0 Å². The minimum atomic E-state index is 0.230. The molecular formula is C14H21N5O. The second-order valence-electron chi connectivity index (χ2n) is 5.03. The van der Waals surface area contributed by atoms with Crippen LogP contribution in [0.25, 0.3) is 11.4 Å². The van der Waals surface area contributed by atoms with Gasteiger partial charge in [0.25, 0.3) is 0 Å². The van der Waals surface area contributed by atoms with Crippen molar-refractivity contribution in [3.8, 4) is 17.1 Å². The average molecular weight is 275 g/mol. The Labute approximate surface area is 118 Å². The van der Waals surface area contributed by atoms with Gasteiger partial charge in [0.15, 0.2) is 5.82 Å². The smallest absolute Gasteiger partial charge is 0.182 e. The van der Waals surface area contributed by atoms with E-state index in [0.717, 1.165) is 17.8 Å². The van der Waals surface area contributed by atoms with Crippen LogP contribution in [-0.2, 0) is 0 Å². The summed E-state index contributed by atoms with van der Waals surface area (Å²) in [6, 6.07) is 5.82. The molecule has 0 amide bonds. The fourth-order valence-corrected chi connectivity index (χ4v) is 2.11. The van der Waals surface area contributed by atoms with Crippen molar-refractivity contribution >= 4 is 5.69 Å². The van der Waals surface area contributed by atoms with Gasteiger partial charge in [0.2, 0.25) is 0 Å². The van der Waals surface area contributed by atoms with Gasteiger partial charge in [-0.3, -0.25) is 0 Å². The van der Waals surface area contributed by atoms with E-state index in [1.54, 1.807) is 7.11 Å². The molecule has 6 nitrogen and oxygen atoms in total. The van der Waals surface area contributed by atoms with Gasteiger partial charge < -0.3 is 10.5 Å². The molecule has 0 aliphatic heterocycles. The predicted octanol–water partition coefficient (Wildman–Crippen LogP) is 2.54. The number of anilines is 1. The van der Waals surface area contributed by atoms with Crippen molar-refractivity contribution < 1.29 is 4.74 Å². The Morgan fingerprint density at radius 1 is 1.35 bits per heavy atom. The van der Waals surface area contributed by atoms with Crippen molar-refractivity contribution in [3.63, 3.8) is 0 Å². The summed E-state index contributed by atoms with van der Waals surface area (Å²) in [6.07, 6.45) is 1.07. The maximum atomic E-state index is 5.95. The zero-order chi connectivity index (χ0) is 14.7. The zero-order valence-electron chi connectivity index (χ0n) is 12.4. The highest BCUT2D eigenvalue weighted by Crippen LogP contribution is 2.29. The van der Waals surface area contributed by atoms with E-state index in [-0.39, 0.29) is 6.04 Å². The molecule has 2 rings (SSSR count). The fraction of sp³-hybridized carbons (Fsp3) is 0.500. The Bertz CT molecular complexity index is 581.